The summed E-state index contributed by atoms with van der Waals surface area (Å²) in [6.45, 7) is 2.03. The molecule has 0 heterocycles. The molecule has 1 aromatic rings. The van der Waals surface area contributed by atoms with E-state index in [1.54, 1.807) is 14.0 Å². The van der Waals surface area contributed by atoms with E-state index in [4.69, 9.17) is 21.8 Å². The number of halogens is 1. The monoisotopic (exact) mass is 300 g/mol. The minimum atomic E-state index is -1.16. The van der Waals surface area contributed by atoms with Crippen molar-refractivity contribution in [3.63, 3.8) is 0 Å². The highest BCUT2D eigenvalue weighted by atomic mass is 35.5. The summed E-state index contributed by atoms with van der Waals surface area (Å²) in [6.07, 6.45) is -0.0235. The highest BCUT2D eigenvalue weighted by molar-refractivity contribution is 6.33. The van der Waals surface area contributed by atoms with Crippen LogP contribution in [0.2, 0.25) is 5.02 Å². The number of aliphatic hydroxyl groups is 1. The third-order valence-electron chi connectivity index (χ3n) is 2.68. The number of aliphatic hydroxyl groups excluding tert-OH is 1. The number of aromatic carboxylic acids is 1. The molecule has 110 valence electrons. The summed E-state index contributed by atoms with van der Waals surface area (Å²) < 4.78 is 0. The maximum absolute atomic E-state index is 11.8. The molecule has 1 aromatic carbocycles. The largest absolute Gasteiger partial charge is 0.478 e. The van der Waals surface area contributed by atoms with Gasteiger partial charge in [-0.15, -0.1) is 0 Å². The number of benzene rings is 1. The summed E-state index contributed by atoms with van der Waals surface area (Å²) in [5.74, 6) is -1.16. The smallest absolute Gasteiger partial charge is 0.337 e. The second-order valence-electron chi connectivity index (χ2n) is 4.49. The van der Waals surface area contributed by atoms with E-state index in [2.05, 4.69) is 5.32 Å². The Bertz CT molecular complexity index is 505. The predicted molar refractivity (Wildman–Crippen MR) is 76.4 cm³/mol. The van der Waals surface area contributed by atoms with Crippen molar-refractivity contribution in [2.75, 3.05) is 18.9 Å². The number of carboxylic acids is 1. The SMILES string of the molecule is CC(O)CCN(C)C(=O)Nc1ccc(Cl)c(C(=O)O)c1. The summed E-state index contributed by atoms with van der Waals surface area (Å²) in [6, 6.07) is 3.85. The van der Waals surface area contributed by atoms with E-state index < -0.39 is 12.1 Å². The van der Waals surface area contributed by atoms with Crippen LogP contribution in [0.25, 0.3) is 0 Å². The van der Waals surface area contributed by atoms with E-state index in [9.17, 15) is 9.59 Å². The molecule has 1 atom stereocenters. The van der Waals surface area contributed by atoms with Gasteiger partial charge in [0.05, 0.1) is 16.7 Å². The van der Waals surface area contributed by atoms with Gasteiger partial charge in [0.2, 0.25) is 0 Å². The third kappa shape index (κ3) is 4.71. The Labute approximate surface area is 122 Å². The number of rotatable bonds is 5. The van der Waals surface area contributed by atoms with Crippen molar-refractivity contribution in [3.05, 3.63) is 28.8 Å². The Morgan fingerprint density at radius 2 is 2.10 bits per heavy atom. The Morgan fingerprint density at radius 3 is 2.65 bits per heavy atom. The number of nitrogens with one attached hydrogen (secondary N) is 1. The van der Waals surface area contributed by atoms with Crippen LogP contribution in [-0.2, 0) is 0 Å². The highest BCUT2D eigenvalue weighted by Crippen LogP contribution is 2.20. The van der Waals surface area contributed by atoms with Crippen LogP contribution in [0.15, 0.2) is 18.2 Å². The van der Waals surface area contributed by atoms with Crippen LogP contribution in [0.4, 0.5) is 10.5 Å². The Hall–Kier alpha value is -1.79. The number of nitrogens with zero attached hydrogens (tertiary/aromatic N) is 1. The van der Waals surface area contributed by atoms with Crippen molar-refractivity contribution in [1.82, 2.24) is 4.90 Å². The number of anilines is 1. The lowest BCUT2D eigenvalue weighted by Gasteiger charge is -2.19. The van der Waals surface area contributed by atoms with Gasteiger partial charge in [0.15, 0.2) is 0 Å². The molecule has 1 unspecified atom stereocenters. The normalized spacial score (nSPS) is 11.8. The van der Waals surface area contributed by atoms with Gasteiger partial charge in [-0.1, -0.05) is 11.6 Å². The zero-order chi connectivity index (χ0) is 15.3. The first-order valence-electron chi connectivity index (χ1n) is 6.04. The van der Waals surface area contributed by atoms with E-state index >= 15 is 0 Å². The van der Waals surface area contributed by atoms with Crippen molar-refractivity contribution in [1.29, 1.82) is 0 Å². The lowest BCUT2D eigenvalue weighted by Crippen LogP contribution is -2.33. The average molecular weight is 301 g/mol. The molecule has 2 amide bonds. The van der Waals surface area contributed by atoms with E-state index in [0.29, 0.717) is 18.7 Å². The molecule has 7 heteroatoms. The quantitative estimate of drug-likeness (QED) is 0.778. The van der Waals surface area contributed by atoms with Gasteiger partial charge in [-0.25, -0.2) is 9.59 Å². The van der Waals surface area contributed by atoms with Crippen LogP contribution in [0.3, 0.4) is 0 Å². The lowest BCUT2D eigenvalue weighted by molar-refractivity contribution is 0.0697. The molecule has 0 aliphatic rings. The van der Waals surface area contributed by atoms with Gasteiger partial charge in [0, 0.05) is 19.3 Å². The van der Waals surface area contributed by atoms with E-state index in [0.717, 1.165) is 0 Å². The van der Waals surface area contributed by atoms with Crippen LogP contribution in [0.1, 0.15) is 23.7 Å². The lowest BCUT2D eigenvalue weighted by atomic mass is 10.2. The number of hydrogen-bond donors (Lipinski definition) is 3. The Balaban J connectivity index is 2.71. The number of carbonyl (C=O) groups is 2. The van der Waals surface area contributed by atoms with Crippen LogP contribution in [-0.4, -0.2) is 46.8 Å². The molecular formula is C13H17ClN2O4. The molecule has 0 spiro atoms. The first-order chi connectivity index (χ1) is 9.31. The van der Waals surface area contributed by atoms with E-state index in [-0.39, 0.29) is 16.6 Å². The molecule has 3 N–H and O–H groups in total. The standard InChI is InChI=1S/C13H17ClN2O4/c1-8(17)5-6-16(2)13(20)15-9-3-4-11(14)10(7-9)12(18)19/h3-4,7-8,17H,5-6H2,1-2H3,(H,15,20)(H,18,19). The second kappa shape index (κ2) is 7.12. The van der Waals surface area contributed by atoms with Gasteiger partial charge >= 0.3 is 12.0 Å². The van der Waals surface area contributed by atoms with Gasteiger partial charge in [-0.05, 0) is 31.5 Å². The molecule has 0 bridgehead atoms. The molecule has 0 saturated heterocycles. The molecule has 20 heavy (non-hydrogen) atoms. The van der Waals surface area contributed by atoms with Gasteiger partial charge in [-0.2, -0.15) is 0 Å². The van der Waals surface area contributed by atoms with E-state index in [1.165, 1.54) is 23.1 Å². The fourth-order valence-corrected chi connectivity index (χ4v) is 1.67. The van der Waals surface area contributed by atoms with Crippen LogP contribution >= 0.6 is 11.6 Å². The van der Waals surface area contributed by atoms with Gasteiger partial charge in [0.25, 0.3) is 0 Å². The first-order valence-corrected chi connectivity index (χ1v) is 6.42. The number of hydrogen-bond acceptors (Lipinski definition) is 3. The van der Waals surface area contributed by atoms with Gasteiger partial charge in [-0.3, -0.25) is 0 Å². The number of carboxylic acid groups (broad SMARTS) is 1. The number of amides is 2. The van der Waals surface area contributed by atoms with Crippen molar-refractivity contribution < 1.29 is 19.8 Å². The Kier molecular flexibility index (Phi) is 5.79. The average Bonchev–Trinajstić information content (AvgIpc) is 2.37. The highest BCUT2D eigenvalue weighted by Gasteiger charge is 2.13. The van der Waals surface area contributed by atoms with Gasteiger partial charge < -0.3 is 20.4 Å². The number of carbonyl (C=O) groups excluding carboxylic acids is 1. The predicted octanol–water partition coefficient (Wildman–Crippen LogP) is 2.27. The summed E-state index contributed by atoms with van der Waals surface area (Å²) >= 11 is 5.74. The zero-order valence-corrected chi connectivity index (χ0v) is 12.0. The molecule has 0 aliphatic heterocycles. The fourth-order valence-electron chi connectivity index (χ4n) is 1.47. The number of urea groups is 1. The fraction of sp³-hybridized carbons (Fsp3) is 0.385. The third-order valence-corrected chi connectivity index (χ3v) is 3.01. The van der Waals surface area contributed by atoms with E-state index in [1.807, 2.05) is 0 Å². The molecule has 0 radical (unpaired) electrons. The molecule has 0 aliphatic carbocycles. The Morgan fingerprint density at radius 1 is 1.45 bits per heavy atom. The minimum Gasteiger partial charge on any atom is -0.478 e. The summed E-state index contributed by atoms with van der Waals surface area (Å²) in [5.41, 5.74) is 0.275. The van der Waals surface area contributed by atoms with Crippen LogP contribution in [0, 0.1) is 0 Å². The van der Waals surface area contributed by atoms with Crippen molar-refractivity contribution in [3.8, 4) is 0 Å². The minimum absolute atomic E-state index is 0.0731. The summed E-state index contributed by atoms with van der Waals surface area (Å²) in [7, 11) is 1.59. The summed E-state index contributed by atoms with van der Waals surface area (Å²) in [4.78, 5) is 24.2. The first kappa shape index (κ1) is 16.3. The van der Waals surface area contributed by atoms with Crippen molar-refractivity contribution in [2.24, 2.45) is 0 Å². The summed E-state index contributed by atoms with van der Waals surface area (Å²) in [5, 5.41) is 20.8. The molecule has 6 nitrogen and oxygen atoms in total. The molecule has 0 saturated carbocycles. The van der Waals surface area contributed by atoms with Crippen LogP contribution < -0.4 is 5.32 Å². The maximum atomic E-state index is 11.8. The van der Waals surface area contributed by atoms with Crippen molar-refractivity contribution in [2.45, 2.75) is 19.4 Å². The van der Waals surface area contributed by atoms with Crippen molar-refractivity contribution >= 4 is 29.3 Å². The topological polar surface area (TPSA) is 89.9 Å². The molecule has 1 rings (SSSR count). The molecule has 0 fully saturated rings. The molecule has 0 aromatic heterocycles. The van der Waals surface area contributed by atoms with Crippen LogP contribution in [0.5, 0.6) is 0 Å². The second-order valence-corrected chi connectivity index (χ2v) is 4.90. The van der Waals surface area contributed by atoms with Gasteiger partial charge in [0.1, 0.15) is 0 Å². The zero-order valence-electron chi connectivity index (χ0n) is 11.3. The molecular weight excluding hydrogens is 284 g/mol. The maximum Gasteiger partial charge on any atom is 0.337 e.